The molecule has 38 heavy (non-hydrogen) atoms. The molecule has 0 radical (unpaired) electrons. The SMILES string of the molecule is COc1ccc(S(=O)(=O)N2CCN(c3ccccc3)CC2)cc1S(=O)(=O)N1CCN(c2ccccc2)CC1. The van der Waals surface area contributed by atoms with Gasteiger partial charge in [-0.3, -0.25) is 0 Å². The number of benzene rings is 3. The minimum absolute atomic E-state index is 0.0482. The molecular formula is C27H32N4O5S2. The molecule has 0 saturated carbocycles. The summed E-state index contributed by atoms with van der Waals surface area (Å²) in [6, 6.07) is 23.8. The van der Waals surface area contributed by atoms with Gasteiger partial charge < -0.3 is 14.5 Å². The third kappa shape index (κ3) is 5.24. The van der Waals surface area contributed by atoms with Crippen molar-refractivity contribution in [1.29, 1.82) is 0 Å². The van der Waals surface area contributed by atoms with Crippen molar-refractivity contribution in [2.75, 3.05) is 69.3 Å². The number of hydrogen-bond acceptors (Lipinski definition) is 7. The number of hydrogen-bond donors (Lipinski definition) is 0. The number of sulfonamides is 2. The third-order valence-corrected chi connectivity index (χ3v) is 10.9. The zero-order chi connectivity index (χ0) is 26.8. The molecule has 0 unspecified atom stereocenters. The summed E-state index contributed by atoms with van der Waals surface area (Å²) in [5.41, 5.74) is 2.09. The molecule has 0 atom stereocenters. The number of rotatable bonds is 7. The fourth-order valence-electron chi connectivity index (χ4n) is 4.96. The summed E-state index contributed by atoms with van der Waals surface area (Å²) < 4.78 is 62.6. The molecule has 0 aliphatic carbocycles. The fourth-order valence-corrected chi connectivity index (χ4v) is 8.09. The molecule has 0 aromatic heterocycles. The number of anilines is 2. The molecule has 2 saturated heterocycles. The van der Waals surface area contributed by atoms with Gasteiger partial charge in [0.25, 0.3) is 0 Å². The Labute approximate surface area is 224 Å². The standard InChI is InChI=1S/C27H32N4O5S2/c1-36-26-13-12-25(37(32,33)30-18-14-28(15-19-30)23-8-4-2-5-9-23)22-27(26)38(34,35)31-20-16-29(17-21-31)24-10-6-3-7-11-24/h2-13,22H,14-21H2,1H3. The maximum absolute atomic E-state index is 13.7. The number of nitrogens with zero attached hydrogens (tertiary/aromatic N) is 4. The van der Waals surface area contributed by atoms with E-state index in [1.807, 2.05) is 60.7 Å². The van der Waals surface area contributed by atoms with Crippen LogP contribution < -0.4 is 14.5 Å². The molecule has 0 amide bonds. The zero-order valence-electron chi connectivity index (χ0n) is 21.3. The maximum Gasteiger partial charge on any atom is 0.246 e. The van der Waals surface area contributed by atoms with Crippen LogP contribution in [0.2, 0.25) is 0 Å². The van der Waals surface area contributed by atoms with Crippen molar-refractivity contribution in [3.63, 3.8) is 0 Å². The minimum Gasteiger partial charge on any atom is -0.495 e. The molecule has 202 valence electrons. The van der Waals surface area contributed by atoms with E-state index in [0.717, 1.165) is 11.4 Å². The van der Waals surface area contributed by atoms with Gasteiger partial charge in [-0.2, -0.15) is 8.61 Å². The van der Waals surface area contributed by atoms with Gasteiger partial charge in [0.05, 0.1) is 12.0 Å². The van der Waals surface area contributed by atoms with Crippen LogP contribution in [0.4, 0.5) is 11.4 Å². The highest BCUT2D eigenvalue weighted by Crippen LogP contribution is 2.32. The molecule has 3 aromatic rings. The van der Waals surface area contributed by atoms with Crippen molar-refractivity contribution in [3.8, 4) is 5.75 Å². The first-order valence-electron chi connectivity index (χ1n) is 12.6. The topological polar surface area (TPSA) is 90.5 Å². The van der Waals surface area contributed by atoms with Crippen LogP contribution in [0.25, 0.3) is 0 Å². The van der Waals surface area contributed by atoms with Gasteiger partial charge >= 0.3 is 0 Å². The van der Waals surface area contributed by atoms with Crippen molar-refractivity contribution < 1.29 is 21.6 Å². The first kappa shape index (κ1) is 26.5. The van der Waals surface area contributed by atoms with Gasteiger partial charge in [0.1, 0.15) is 10.6 Å². The van der Waals surface area contributed by atoms with Gasteiger partial charge in [0, 0.05) is 63.7 Å². The lowest BCUT2D eigenvalue weighted by molar-refractivity contribution is 0.373. The van der Waals surface area contributed by atoms with Crippen LogP contribution in [0.15, 0.2) is 88.7 Å². The largest absolute Gasteiger partial charge is 0.495 e. The number of methoxy groups -OCH3 is 1. The van der Waals surface area contributed by atoms with Crippen LogP contribution in [-0.4, -0.2) is 84.9 Å². The quantitative estimate of drug-likeness (QED) is 0.442. The van der Waals surface area contributed by atoms with Crippen molar-refractivity contribution in [2.45, 2.75) is 9.79 Å². The molecule has 0 bridgehead atoms. The Bertz CT molecular complexity index is 1450. The molecule has 3 aromatic carbocycles. The van der Waals surface area contributed by atoms with Crippen molar-refractivity contribution in [2.24, 2.45) is 0 Å². The molecule has 0 spiro atoms. The highest BCUT2D eigenvalue weighted by atomic mass is 32.2. The highest BCUT2D eigenvalue weighted by molar-refractivity contribution is 7.90. The fraction of sp³-hybridized carbons (Fsp3) is 0.333. The van der Waals surface area contributed by atoms with Crippen LogP contribution in [0.3, 0.4) is 0 Å². The second-order valence-electron chi connectivity index (χ2n) is 9.27. The molecule has 2 heterocycles. The summed E-state index contributed by atoms with van der Waals surface area (Å²) in [5.74, 6) is 0.128. The zero-order valence-corrected chi connectivity index (χ0v) is 22.9. The van der Waals surface area contributed by atoms with Crippen molar-refractivity contribution in [1.82, 2.24) is 8.61 Å². The average molecular weight is 557 g/mol. The summed E-state index contributed by atoms with van der Waals surface area (Å²) in [6.45, 7) is 3.38. The molecule has 9 nitrogen and oxygen atoms in total. The van der Waals surface area contributed by atoms with Crippen molar-refractivity contribution in [3.05, 3.63) is 78.9 Å². The lowest BCUT2D eigenvalue weighted by Gasteiger charge is -2.36. The molecule has 2 aliphatic rings. The first-order valence-corrected chi connectivity index (χ1v) is 15.5. The van der Waals surface area contributed by atoms with Gasteiger partial charge in [-0.1, -0.05) is 36.4 Å². The van der Waals surface area contributed by atoms with Crippen LogP contribution >= 0.6 is 0 Å². The maximum atomic E-state index is 13.7. The lowest BCUT2D eigenvalue weighted by atomic mass is 10.2. The molecular weight excluding hydrogens is 524 g/mol. The van der Waals surface area contributed by atoms with E-state index in [1.165, 1.54) is 33.9 Å². The van der Waals surface area contributed by atoms with E-state index in [-0.39, 0.29) is 15.5 Å². The van der Waals surface area contributed by atoms with Gasteiger partial charge in [-0.15, -0.1) is 0 Å². The number of ether oxygens (including phenoxy) is 1. The summed E-state index contributed by atoms with van der Waals surface area (Å²) in [4.78, 5) is 4.11. The smallest absolute Gasteiger partial charge is 0.246 e. The van der Waals surface area contributed by atoms with Crippen LogP contribution in [0, 0.1) is 0 Å². The third-order valence-electron chi connectivity index (χ3n) is 7.11. The highest BCUT2D eigenvalue weighted by Gasteiger charge is 2.34. The van der Waals surface area contributed by atoms with Crippen LogP contribution in [0.5, 0.6) is 5.75 Å². The van der Waals surface area contributed by atoms with E-state index >= 15 is 0 Å². The Hall–Kier alpha value is -3.12. The summed E-state index contributed by atoms with van der Waals surface area (Å²) in [5, 5.41) is 0. The van der Waals surface area contributed by atoms with E-state index in [1.54, 1.807) is 0 Å². The van der Waals surface area contributed by atoms with E-state index in [0.29, 0.717) is 52.4 Å². The molecule has 5 rings (SSSR count). The lowest BCUT2D eigenvalue weighted by Crippen LogP contribution is -2.49. The monoisotopic (exact) mass is 556 g/mol. The first-order chi connectivity index (χ1) is 18.3. The van der Waals surface area contributed by atoms with Crippen LogP contribution in [0.1, 0.15) is 0 Å². The van der Waals surface area contributed by atoms with Gasteiger partial charge in [0.2, 0.25) is 20.0 Å². The molecule has 0 N–H and O–H groups in total. The van der Waals surface area contributed by atoms with Crippen molar-refractivity contribution >= 4 is 31.4 Å². The molecule has 11 heteroatoms. The molecule has 2 fully saturated rings. The van der Waals surface area contributed by atoms with E-state index in [2.05, 4.69) is 9.80 Å². The number of piperazine rings is 2. The average Bonchev–Trinajstić information content (AvgIpc) is 2.98. The summed E-state index contributed by atoms with van der Waals surface area (Å²) >= 11 is 0. The minimum atomic E-state index is -3.98. The van der Waals surface area contributed by atoms with Gasteiger partial charge in [-0.25, -0.2) is 16.8 Å². The molecule has 2 aliphatic heterocycles. The Kier molecular flexibility index (Phi) is 7.62. The second-order valence-corrected chi connectivity index (χ2v) is 13.1. The predicted octanol–water partition coefficient (Wildman–Crippen LogP) is 2.72. The summed E-state index contributed by atoms with van der Waals surface area (Å²) in [6.07, 6.45) is 0. The predicted molar refractivity (Wildman–Crippen MR) is 148 cm³/mol. The Morgan fingerprint density at radius 3 is 1.47 bits per heavy atom. The Balaban J connectivity index is 1.34. The second kappa shape index (κ2) is 10.9. The van der Waals surface area contributed by atoms with Gasteiger partial charge in [0.15, 0.2) is 0 Å². The van der Waals surface area contributed by atoms with Crippen LogP contribution in [-0.2, 0) is 20.0 Å². The van der Waals surface area contributed by atoms with E-state index in [9.17, 15) is 16.8 Å². The Morgan fingerprint density at radius 1 is 0.579 bits per heavy atom. The normalized spacial score (nSPS) is 17.9. The van der Waals surface area contributed by atoms with E-state index < -0.39 is 20.0 Å². The van der Waals surface area contributed by atoms with Gasteiger partial charge in [-0.05, 0) is 42.5 Å². The Morgan fingerprint density at radius 2 is 1.03 bits per heavy atom. The summed E-state index contributed by atoms with van der Waals surface area (Å²) in [7, 11) is -6.48. The number of para-hydroxylation sites is 2. The van der Waals surface area contributed by atoms with E-state index in [4.69, 9.17) is 4.74 Å².